The van der Waals surface area contributed by atoms with Crippen molar-refractivity contribution < 1.29 is 19.1 Å². The number of carbonyl (C=O) groups excluding carboxylic acids is 2. The lowest BCUT2D eigenvalue weighted by Crippen LogP contribution is -2.43. The van der Waals surface area contributed by atoms with Gasteiger partial charge in [-0.05, 0) is 41.5 Å². The molecule has 7 heteroatoms. The fourth-order valence-electron chi connectivity index (χ4n) is 1.01. The third kappa shape index (κ3) is 9.18. The SMILES string of the molecule is CN(C)/C(=N/C(=O)OC(C)(C)C)NC(=O)OC(C)(C)C. The molecule has 0 heterocycles. The van der Waals surface area contributed by atoms with Crippen LogP contribution in [0.1, 0.15) is 41.5 Å². The molecule has 0 bridgehead atoms. The first-order valence-electron chi connectivity index (χ1n) is 6.29. The normalized spacial score (nSPS) is 12.7. The van der Waals surface area contributed by atoms with Crippen LogP contribution in [0, 0.1) is 0 Å². The molecule has 0 rings (SSSR count). The summed E-state index contributed by atoms with van der Waals surface area (Å²) in [6.45, 7) is 10.4. The van der Waals surface area contributed by atoms with Crippen molar-refractivity contribution in [3.05, 3.63) is 0 Å². The van der Waals surface area contributed by atoms with Gasteiger partial charge in [-0.2, -0.15) is 0 Å². The Morgan fingerprint density at radius 2 is 1.40 bits per heavy atom. The number of nitrogens with zero attached hydrogens (tertiary/aromatic N) is 2. The highest BCUT2D eigenvalue weighted by Crippen LogP contribution is 2.09. The summed E-state index contributed by atoms with van der Waals surface area (Å²) in [5.74, 6) is 0.0495. The molecular formula is C13H25N3O4. The van der Waals surface area contributed by atoms with E-state index in [-0.39, 0.29) is 5.96 Å². The van der Waals surface area contributed by atoms with Gasteiger partial charge in [-0.3, -0.25) is 5.32 Å². The van der Waals surface area contributed by atoms with Crippen LogP contribution in [-0.2, 0) is 9.47 Å². The molecule has 0 aromatic rings. The molecular weight excluding hydrogens is 262 g/mol. The second-order valence-electron chi connectivity index (χ2n) is 6.44. The van der Waals surface area contributed by atoms with Gasteiger partial charge in [0.25, 0.3) is 0 Å². The third-order valence-corrected chi connectivity index (χ3v) is 1.63. The summed E-state index contributed by atoms with van der Waals surface area (Å²) in [4.78, 5) is 28.4. The van der Waals surface area contributed by atoms with Gasteiger partial charge in [0.1, 0.15) is 11.2 Å². The summed E-state index contributed by atoms with van der Waals surface area (Å²) < 4.78 is 10.1. The molecule has 0 saturated heterocycles. The molecule has 0 saturated carbocycles. The number of ether oxygens (including phenoxy) is 2. The average molecular weight is 287 g/mol. The van der Waals surface area contributed by atoms with E-state index in [0.717, 1.165) is 0 Å². The number of alkyl carbamates (subject to hydrolysis) is 1. The minimum absolute atomic E-state index is 0.0495. The van der Waals surface area contributed by atoms with Gasteiger partial charge in [0.15, 0.2) is 0 Å². The molecule has 116 valence electrons. The molecule has 0 aliphatic heterocycles. The Bertz CT molecular complexity index is 389. The largest absolute Gasteiger partial charge is 0.444 e. The Balaban J connectivity index is 4.82. The molecule has 7 nitrogen and oxygen atoms in total. The van der Waals surface area contributed by atoms with Crippen LogP contribution < -0.4 is 5.32 Å². The predicted molar refractivity (Wildman–Crippen MR) is 76.7 cm³/mol. The zero-order chi connectivity index (χ0) is 16.1. The quantitative estimate of drug-likeness (QED) is 0.546. The lowest BCUT2D eigenvalue weighted by molar-refractivity contribution is 0.0556. The number of hydrogen-bond donors (Lipinski definition) is 1. The summed E-state index contributed by atoms with van der Waals surface area (Å²) >= 11 is 0. The first-order valence-corrected chi connectivity index (χ1v) is 6.29. The number of rotatable bonds is 0. The molecule has 20 heavy (non-hydrogen) atoms. The van der Waals surface area contributed by atoms with Gasteiger partial charge in [-0.15, -0.1) is 4.99 Å². The minimum Gasteiger partial charge on any atom is -0.444 e. The van der Waals surface area contributed by atoms with Gasteiger partial charge in [0.2, 0.25) is 5.96 Å². The van der Waals surface area contributed by atoms with Gasteiger partial charge in [-0.25, -0.2) is 9.59 Å². The smallest absolute Gasteiger partial charge is 0.437 e. The van der Waals surface area contributed by atoms with Crippen LogP contribution in [0.3, 0.4) is 0 Å². The number of aliphatic imine (C=N–C) groups is 1. The van der Waals surface area contributed by atoms with Crippen molar-refractivity contribution in [2.24, 2.45) is 4.99 Å². The van der Waals surface area contributed by atoms with E-state index in [2.05, 4.69) is 10.3 Å². The van der Waals surface area contributed by atoms with E-state index < -0.39 is 23.4 Å². The second kappa shape index (κ2) is 6.58. The van der Waals surface area contributed by atoms with E-state index in [1.807, 2.05) is 0 Å². The lowest BCUT2D eigenvalue weighted by Gasteiger charge is -2.22. The average Bonchev–Trinajstić information content (AvgIpc) is 2.09. The van der Waals surface area contributed by atoms with Crippen molar-refractivity contribution in [1.82, 2.24) is 10.2 Å². The topological polar surface area (TPSA) is 80.2 Å². The maximum Gasteiger partial charge on any atom is 0.437 e. The van der Waals surface area contributed by atoms with Crippen molar-refractivity contribution in [3.63, 3.8) is 0 Å². The van der Waals surface area contributed by atoms with Gasteiger partial charge in [-0.1, -0.05) is 0 Å². The molecule has 1 N–H and O–H groups in total. The predicted octanol–water partition coefficient (Wildman–Crippen LogP) is 2.36. The number of nitrogens with one attached hydrogen (secondary N) is 1. The van der Waals surface area contributed by atoms with Crippen LogP contribution in [0.2, 0.25) is 0 Å². The molecule has 2 amide bonds. The highest BCUT2D eigenvalue weighted by Gasteiger charge is 2.20. The zero-order valence-corrected chi connectivity index (χ0v) is 13.5. The molecule has 0 fully saturated rings. The number of hydrogen-bond acceptors (Lipinski definition) is 4. The van der Waals surface area contributed by atoms with Crippen molar-refractivity contribution in [1.29, 1.82) is 0 Å². The monoisotopic (exact) mass is 287 g/mol. The van der Waals surface area contributed by atoms with Crippen LogP contribution in [0.4, 0.5) is 9.59 Å². The summed E-state index contributed by atoms with van der Waals surface area (Å²) in [5, 5.41) is 2.40. The van der Waals surface area contributed by atoms with E-state index in [1.54, 1.807) is 55.6 Å². The molecule has 0 aromatic carbocycles. The molecule has 0 atom stereocenters. The van der Waals surface area contributed by atoms with Crippen LogP contribution >= 0.6 is 0 Å². The van der Waals surface area contributed by atoms with Gasteiger partial charge in [0.05, 0.1) is 0 Å². The number of amides is 2. The Kier molecular flexibility index (Phi) is 5.99. The molecule has 0 radical (unpaired) electrons. The molecule has 0 aliphatic carbocycles. The maximum atomic E-state index is 11.6. The summed E-state index contributed by atoms with van der Waals surface area (Å²) in [7, 11) is 3.28. The standard InChI is InChI=1S/C13H25N3O4/c1-12(2,3)19-10(17)14-9(16(7)8)15-11(18)20-13(4,5)6/h1-8H3,(H,14,15,17,18). The summed E-state index contributed by atoms with van der Waals surface area (Å²) in [6, 6.07) is 0. The van der Waals surface area contributed by atoms with Crippen molar-refractivity contribution in [3.8, 4) is 0 Å². The van der Waals surface area contributed by atoms with Crippen LogP contribution in [0.25, 0.3) is 0 Å². The van der Waals surface area contributed by atoms with Crippen molar-refractivity contribution >= 4 is 18.1 Å². The van der Waals surface area contributed by atoms with Crippen LogP contribution in [0.5, 0.6) is 0 Å². The van der Waals surface area contributed by atoms with Crippen LogP contribution in [-0.4, -0.2) is 48.3 Å². The van der Waals surface area contributed by atoms with Gasteiger partial charge >= 0.3 is 12.2 Å². The van der Waals surface area contributed by atoms with Gasteiger partial charge in [0, 0.05) is 14.1 Å². The molecule has 0 aromatic heterocycles. The fraction of sp³-hybridized carbons (Fsp3) is 0.769. The van der Waals surface area contributed by atoms with E-state index in [9.17, 15) is 9.59 Å². The minimum atomic E-state index is -0.780. The highest BCUT2D eigenvalue weighted by atomic mass is 16.6. The summed E-state index contributed by atoms with van der Waals surface area (Å²) in [6.07, 6.45) is -1.47. The van der Waals surface area contributed by atoms with Crippen LogP contribution in [0.15, 0.2) is 4.99 Å². The Morgan fingerprint density at radius 1 is 0.950 bits per heavy atom. The van der Waals surface area contributed by atoms with E-state index >= 15 is 0 Å². The Hall–Kier alpha value is -1.79. The first-order chi connectivity index (χ1) is 8.80. The fourth-order valence-corrected chi connectivity index (χ4v) is 1.01. The zero-order valence-electron chi connectivity index (χ0n) is 13.5. The number of guanidine groups is 1. The Labute approximate surface area is 120 Å². The van der Waals surface area contributed by atoms with Crippen molar-refractivity contribution in [2.75, 3.05) is 14.1 Å². The van der Waals surface area contributed by atoms with E-state index in [1.165, 1.54) is 4.90 Å². The maximum absolute atomic E-state index is 11.6. The number of carbonyl (C=O) groups is 2. The van der Waals surface area contributed by atoms with E-state index in [4.69, 9.17) is 9.47 Å². The Morgan fingerprint density at radius 3 is 1.75 bits per heavy atom. The highest BCUT2D eigenvalue weighted by molar-refractivity contribution is 5.98. The summed E-state index contributed by atoms with van der Waals surface area (Å²) in [5.41, 5.74) is -1.28. The first kappa shape index (κ1) is 18.2. The van der Waals surface area contributed by atoms with Gasteiger partial charge < -0.3 is 14.4 Å². The molecule has 0 unspecified atom stereocenters. The lowest BCUT2D eigenvalue weighted by atomic mass is 10.2. The van der Waals surface area contributed by atoms with Crippen molar-refractivity contribution in [2.45, 2.75) is 52.7 Å². The third-order valence-electron chi connectivity index (χ3n) is 1.63. The molecule has 0 aliphatic rings. The second-order valence-corrected chi connectivity index (χ2v) is 6.44. The van der Waals surface area contributed by atoms with E-state index in [0.29, 0.717) is 0 Å². The molecule has 0 spiro atoms.